The van der Waals surface area contributed by atoms with Crippen LogP contribution >= 0.6 is 0 Å². The number of rotatable bonds is 5. The quantitative estimate of drug-likeness (QED) is 0.759. The van der Waals surface area contributed by atoms with Crippen molar-refractivity contribution in [3.05, 3.63) is 0 Å². The molecule has 3 nitrogen and oxygen atoms in total. The highest BCUT2D eigenvalue weighted by Crippen LogP contribution is 2.26. The van der Waals surface area contributed by atoms with Gasteiger partial charge in [0, 0.05) is 6.04 Å². The second-order valence-electron chi connectivity index (χ2n) is 4.53. The van der Waals surface area contributed by atoms with Gasteiger partial charge in [-0.25, -0.2) is 8.42 Å². The van der Waals surface area contributed by atoms with Crippen molar-refractivity contribution in [2.75, 3.05) is 11.5 Å². The largest absolute Gasteiger partial charge is 0.328 e. The first-order valence-electron chi connectivity index (χ1n) is 5.45. The van der Waals surface area contributed by atoms with Gasteiger partial charge in [-0.05, 0) is 32.1 Å². The van der Waals surface area contributed by atoms with Crippen LogP contribution in [0.5, 0.6) is 0 Å². The van der Waals surface area contributed by atoms with Crippen molar-refractivity contribution in [2.24, 2.45) is 11.7 Å². The third-order valence-corrected chi connectivity index (χ3v) is 4.69. The van der Waals surface area contributed by atoms with Crippen LogP contribution in [0.15, 0.2) is 0 Å². The smallest absolute Gasteiger partial charge is 0.150 e. The Morgan fingerprint density at radius 2 is 1.93 bits per heavy atom. The summed E-state index contributed by atoms with van der Waals surface area (Å²) in [6.45, 7) is 1.85. The first-order chi connectivity index (χ1) is 6.49. The zero-order chi connectivity index (χ0) is 10.6. The molecule has 0 amide bonds. The van der Waals surface area contributed by atoms with Crippen LogP contribution in [0.4, 0.5) is 0 Å². The second-order valence-corrected chi connectivity index (χ2v) is 6.76. The SMILES string of the molecule is CC(N)CCS(=O)(=O)CC1CCCC1. The molecule has 0 aromatic rings. The molecule has 0 aromatic carbocycles. The minimum absolute atomic E-state index is 0.00615. The lowest BCUT2D eigenvalue weighted by Gasteiger charge is -2.10. The average molecular weight is 219 g/mol. The molecule has 1 aliphatic rings. The molecule has 1 unspecified atom stereocenters. The fourth-order valence-electron chi connectivity index (χ4n) is 1.98. The summed E-state index contributed by atoms with van der Waals surface area (Å²) in [6.07, 6.45) is 5.19. The monoisotopic (exact) mass is 219 g/mol. The summed E-state index contributed by atoms with van der Waals surface area (Å²) in [5.41, 5.74) is 5.54. The molecule has 84 valence electrons. The summed E-state index contributed by atoms with van der Waals surface area (Å²) < 4.78 is 23.3. The highest BCUT2D eigenvalue weighted by molar-refractivity contribution is 7.91. The normalized spacial score (nSPS) is 21.3. The fourth-order valence-corrected chi connectivity index (χ4v) is 3.93. The fraction of sp³-hybridized carbons (Fsp3) is 1.00. The molecule has 1 atom stereocenters. The molecule has 1 rings (SSSR count). The maximum Gasteiger partial charge on any atom is 0.150 e. The minimum Gasteiger partial charge on any atom is -0.328 e. The molecule has 1 aliphatic carbocycles. The van der Waals surface area contributed by atoms with E-state index in [9.17, 15) is 8.42 Å². The van der Waals surface area contributed by atoms with Crippen LogP contribution in [0.25, 0.3) is 0 Å². The van der Waals surface area contributed by atoms with E-state index in [4.69, 9.17) is 5.73 Å². The first-order valence-corrected chi connectivity index (χ1v) is 7.28. The van der Waals surface area contributed by atoms with Crippen molar-refractivity contribution < 1.29 is 8.42 Å². The number of nitrogens with two attached hydrogens (primary N) is 1. The van der Waals surface area contributed by atoms with Gasteiger partial charge in [0.2, 0.25) is 0 Å². The lowest BCUT2D eigenvalue weighted by Crippen LogP contribution is -2.23. The zero-order valence-corrected chi connectivity index (χ0v) is 9.72. The van der Waals surface area contributed by atoms with Gasteiger partial charge in [-0.1, -0.05) is 12.8 Å². The standard InChI is InChI=1S/C10H21NO2S/c1-9(11)6-7-14(12,13)8-10-4-2-3-5-10/h9-10H,2-8,11H2,1H3. The van der Waals surface area contributed by atoms with Crippen molar-refractivity contribution in [3.8, 4) is 0 Å². The molecule has 2 N–H and O–H groups in total. The van der Waals surface area contributed by atoms with E-state index in [1.54, 1.807) is 0 Å². The Balaban J connectivity index is 2.33. The van der Waals surface area contributed by atoms with Crippen LogP contribution < -0.4 is 5.73 Å². The van der Waals surface area contributed by atoms with E-state index in [2.05, 4.69) is 0 Å². The Labute approximate surface area is 87.0 Å². The van der Waals surface area contributed by atoms with Crippen molar-refractivity contribution in [3.63, 3.8) is 0 Å². The van der Waals surface area contributed by atoms with Gasteiger partial charge in [0.25, 0.3) is 0 Å². The summed E-state index contributed by atoms with van der Waals surface area (Å²) >= 11 is 0. The summed E-state index contributed by atoms with van der Waals surface area (Å²) in [6, 6.07) is -0.00615. The Bertz CT molecular complexity index is 253. The minimum atomic E-state index is -2.84. The van der Waals surface area contributed by atoms with Crippen LogP contribution in [0, 0.1) is 5.92 Å². The summed E-state index contributed by atoms with van der Waals surface area (Å²) in [5.74, 6) is 1.08. The third-order valence-electron chi connectivity index (χ3n) is 2.85. The molecule has 0 bridgehead atoms. The second kappa shape index (κ2) is 5.12. The van der Waals surface area contributed by atoms with Gasteiger partial charge in [0.1, 0.15) is 0 Å². The van der Waals surface area contributed by atoms with Gasteiger partial charge in [-0.2, -0.15) is 0 Å². The Kier molecular flexibility index (Phi) is 4.38. The van der Waals surface area contributed by atoms with E-state index in [-0.39, 0.29) is 11.8 Å². The summed E-state index contributed by atoms with van der Waals surface area (Å²) in [7, 11) is -2.84. The Morgan fingerprint density at radius 3 is 2.43 bits per heavy atom. The van der Waals surface area contributed by atoms with Crippen LogP contribution in [-0.4, -0.2) is 26.0 Å². The van der Waals surface area contributed by atoms with E-state index in [0.717, 1.165) is 12.8 Å². The molecule has 1 saturated carbocycles. The van der Waals surface area contributed by atoms with Gasteiger partial charge in [-0.15, -0.1) is 0 Å². The van der Waals surface area contributed by atoms with E-state index in [0.29, 0.717) is 18.1 Å². The van der Waals surface area contributed by atoms with Crippen LogP contribution in [0.1, 0.15) is 39.0 Å². The van der Waals surface area contributed by atoms with E-state index in [1.165, 1.54) is 12.8 Å². The molecular formula is C10H21NO2S. The Morgan fingerprint density at radius 1 is 1.36 bits per heavy atom. The molecule has 0 aromatic heterocycles. The predicted octanol–water partition coefficient (Wildman–Crippen LogP) is 1.33. The number of hydrogen-bond acceptors (Lipinski definition) is 3. The molecule has 1 fully saturated rings. The molecular weight excluding hydrogens is 198 g/mol. The molecule has 0 heterocycles. The van der Waals surface area contributed by atoms with E-state index >= 15 is 0 Å². The van der Waals surface area contributed by atoms with Crippen LogP contribution in [0.2, 0.25) is 0 Å². The predicted molar refractivity (Wildman–Crippen MR) is 58.9 cm³/mol. The van der Waals surface area contributed by atoms with Crippen molar-refractivity contribution >= 4 is 9.84 Å². The van der Waals surface area contributed by atoms with Crippen LogP contribution in [0.3, 0.4) is 0 Å². The number of sulfone groups is 1. The van der Waals surface area contributed by atoms with Crippen LogP contribution in [-0.2, 0) is 9.84 Å². The van der Waals surface area contributed by atoms with Crippen molar-refractivity contribution in [2.45, 2.75) is 45.1 Å². The number of hydrogen-bond donors (Lipinski definition) is 1. The molecule has 0 spiro atoms. The van der Waals surface area contributed by atoms with Crippen molar-refractivity contribution in [1.29, 1.82) is 0 Å². The summed E-state index contributed by atoms with van der Waals surface area (Å²) in [5, 5.41) is 0. The van der Waals surface area contributed by atoms with Gasteiger partial charge >= 0.3 is 0 Å². The topological polar surface area (TPSA) is 60.2 Å². The molecule has 0 aliphatic heterocycles. The summed E-state index contributed by atoms with van der Waals surface area (Å²) in [4.78, 5) is 0. The zero-order valence-electron chi connectivity index (χ0n) is 8.91. The van der Waals surface area contributed by atoms with E-state index < -0.39 is 9.84 Å². The lowest BCUT2D eigenvalue weighted by molar-refractivity contribution is 0.553. The molecule has 0 radical (unpaired) electrons. The molecule has 4 heteroatoms. The van der Waals surface area contributed by atoms with Gasteiger partial charge in [-0.3, -0.25) is 0 Å². The first kappa shape index (κ1) is 12.0. The molecule has 0 saturated heterocycles. The Hall–Kier alpha value is -0.0900. The van der Waals surface area contributed by atoms with Gasteiger partial charge in [0.15, 0.2) is 9.84 Å². The van der Waals surface area contributed by atoms with Gasteiger partial charge in [0.05, 0.1) is 11.5 Å². The average Bonchev–Trinajstić information content (AvgIpc) is 2.53. The molecule has 14 heavy (non-hydrogen) atoms. The highest BCUT2D eigenvalue weighted by atomic mass is 32.2. The van der Waals surface area contributed by atoms with Gasteiger partial charge < -0.3 is 5.73 Å². The highest BCUT2D eigenvalue weighted by Gasteiger charge is 2.22. The maximum atomic E-state index is 11.6. The lowest BCUT2D eigenvalue weighted by atomic mass is 10.1. The third kappa shape index (κ3) is 4.42. The maximum absolute atomic E-state index is 11.6. The van der Waals surface area contributed by atoms with E-state index in [1.807, 2.05) is 6.92 Å². The van der Waals surface area contributed by atoms with Crippen molar-refractivity contribution in [1.82, 2.24) is 0 Å².